The molecule has 0 aliphatic rings. The second kappa shape index (κ2) is 9.87. The molecule has 0 saturated carbocycles. The van der Waals surface area contributed by atoms with Crippen molar-refractivity contribution in [3.63, 3.8) is 0 Å². The molecule has 4 nitrogen and oxygen atoms in total. The minimum absolute atomic E-state index is 0.179. The third-order valence-corrected chi connectivity index (χ3v) is 5.40. The minimum Gasteiger partial charge on any atom is -0.489 e. The fourth-order valence-corrected chi connectivity index (χ4v) is 3.61. The van der Waals surface area contributed by atoms with E-state index < -0.39 is 0 Å². The molecule has 0 aliphatic carbocycles. The van der Waals surface area contributed by atoms with E-state index in [-0.39, 0.29) is 5.91 Å². The van der Waals surface area contributed by atoms with Crippen LogP contribution in [0.3, 0.4) is 0 Å². The quantitative estimate of drug-likeness (QED) is 0.350. The van der Waals surface area contributed by atoms with Gasteiger partial charge in [-0.15, -0.1) is 11.3 Å². The molecule has 31 heavy (non-hydrogen) atoms. The summed E-state index contributed by atoms with van der Waals surface area (Å²) in [6.45, 7) is 2.51. The van der Waals surface area contributed by atoms with Crippen LogP contribution >= 0.6 is 11.3 Å². The van der Waals surface area contributed by atoms with Gasteiger partial charge in [0.15, 0.2) is 0 Å². The molecule has 0 saturated heterocycles. The van der Waals surface area contributed by atoms with Crippen molar-refractivity contribution in [3.05, 3.63) is 106 Å². The number of ether oxygens (including phenoxy) is 1. The largest absolute Gasteiger partial charge is 0.489 e. The number of amides is 1. The van der Waals surface area contributed by atoms with Crippen molar-refractivity contribution < 1.29 is 9.53 Å². The zero-order valence-corrected chi connectivity index (χ0v) is 17.9. The predicted molar refractivity (Wildman–Crippen MR) is 127 cm³/mol. The molecule has 0 bridgehead atoms. The van der Waals surface area contributed by atoms with Crippen molar-refractivity contribution in [2.45, 2.75) is 13.5 Å². The highest BCUT2D eigenvalue weighted by molar-refractivity contribution is 7.09. The van der Waals surface area contributed by atoms with Crippen molar-refractivity contribution >= 4 is 29.0 Å². The number of aromatic nitrogens is 1. The number of hydrogen-bond acceptors (Lipinski definition) is 4. The maximum Gasteiger partial charge on any atom is 0.248 e. The molecular weight excluding hydrogens is 404 g/mol. The summed E-state index contributed by atoms with van der Waals surface area (Å²) in [5, 5.41) is 5.94. The second-order valence-electron chi connectivity index (χ2n) is 7.00. The normalized spacial score (nSPS) is 10.9. The molecule has 1 N–H and O–H groups in total. The van der Waals surface area contributed by atoms with Crippen molar-refractivity contribution in [2.24, 2.45) is 0 Å². The molecule has 1 amide bonds. The number of nitrogens with zero attached hydrogens (tertiary/aromatic N) is 1. The molecule has 3 aromatic carbocycles. The van der Waals surface area contributed by atoms with Crippen LogP contribution in [0.1, 0.15) is 16.1 Å². The summed E-state index contributed by atoms with van der Waals surface area (Å²) < 4.78 is 5.79. The molecule has 1 aromatic heterocycles. The van der Waals surface area contributed by atoms with Crippen LogP contribution in [-0.2, 0) is 11.4 Å². The Labute approximate surface area is 185 Å². The number of benzene rings is 3. The van der Waals surface area contributed by atoms with Gasteiger partial charge in [0.2, 0.25) is 5.91 Å². The summed E-state index contributed by atoms with van der Waals surface area (Å²) in [4.78, 5) is 16.7. The van der Waals surface area contributed by atoms with E-state index in [2.05, 4.69) is 10.3 Å². The van der Waals surface area contributed by atoms with E-state index in [0.29, 0.717) is 6.61 Å². The maximum absolute atomic E-state index is 12.2. The molecule has 0 radical (unpaired) electrons. The van der Waals surface area contributed by atoms with Gasteiger partial charge in [-0.1, -0.05) is 54.6 Å². The van der Waals surface area contributed by atoms with Gasteiger partial charge < -0.3 is 10.1 Å². The lowest BCUT2D eigenvalue weighted by molar-refractivity contribution is -0.111. The van der Waals surface area contributed by atoms with Gasteiger partial charge in [0, 0.05) is 22.7 Å². The van der Waals surface area contributed by atoms with Crippen molar-refractivity contribution in [3.8, 4) is 17.0 Å². The summed E-state index contributed by atoms with van der Waals surface area (Å²) in [7, 11) is 0. The third-order valence-electron chi connectivity index (χ3n) is 4.62. The molecule has 1 heterocycles. The monoisotopic (exact) mass is 426 g/mol. The van der Waals surface area contributed by atoms with Crippen LogP contribution in [0.15, 0.2) is 90.3 Å². The highest BCUT2D eigenvalue weighted by Crippen LogP contribution is 2.23. The molecular formula is C26H22N2O2S. The van der Waals surface area contributed by atoms with Crippen LogP contribution in [-0.4, -0.2) is 10.9 Å². The van der Waals surface area contributed by atoms with Crippen molar-refractivity contribution in [2.75, 3.05) is 5.32 Å². The summed E-state index contributed by atoms with van der Waals surface area (Å²) in [6.07, 6.45) is 3.31. The van der Waals surface area contributed by atoms with Crippen LogP contribution in [0.4, 0.5) is 5.69 Å². The van der Waals surface area contributed by atoms with E-state index in [4.69, 9.17) is 4.74 Å². The van der Waals surface area contributed by atoms with Crippen molar-refractivity contribution in [1.29, 1.82) is 0 Å². The van der Waals surface area contributed by atoms with Crippen LogP contribution in [0.25, 0.3) is 17.3 Å². The van der Waals surface area contributed by atoms with Crippen molar-refractivity contribution in [1.82, 2.24) is 4.98 Å². The first-order chi connectivity index (χ1) is 15.2. The zero-order chi connectivity index (χ0) is 21.5. The molecule has 154 valence electrons. The zero-order valence-electron chi connectivity index (χ0n) is 17.1. The lowest BCUT2D eigenvalue weighted by atomic mass is 10.1. The number of carbonyl (C=O) groups excluding carboxylic acids is 1. The molecule has 0 aliphatic heterocycles. The first-order valence-corrected chi connectivity index (χ1v) is 10.8. The van der Waals surface area contributed by atoms with Gasteiger partial charge in [0.05, 0.1) is 10.7 Å². The number of nitrogens with one attached hydrogen (secondary N) is 1. The minimum atomic E-state index is -0.179. The molecule has 0 atom stereocenters. The Kier molecular flexibility index (Phi) is 6.55. The first kappa shape index (κ1) is 20.6. The van der Waals surface area contributed by atoms with Gasteiger partial charge in [-0.25, -0.2) is 4.98 Å². The summed E-state index contributed by atoms with van der Waals surface area (Å²) in [5.74, 6) is 0.613. The van der Waals surface area contributed by atoms with Gasteiger partial charge in [-0.3, -0.25) is 4.79 Å². The van der Waals surface area contributed by atoms with Crippen LogP contribution in [0.5, 0.6) is 5.75 Å². The number of aryl methyl sites for hydroxylation is 1. The Bertz CT molecular complexity index is 1160. The van der Waals surface area contributed by atoms with Gasteiger partial charge in [0.1, 0.15) is 12.4 Å². The van der Waals surface area contributed by atoms with E-state index >= 15 is 0 Å². The number of thiazole rings is 1. The van der Waals surface area contributed by atoms with E-state index in [0.717, 1.165) is 38.8 Å². The standard InChI is InChI=1S/C26H22N2O2S/c1-19-27-25(18-31-19)22-10-12-23(13-11-22)28-26(29)16-9-20-7-14-24(15-8-20)30-17-21-5-3-2-4-6-21/h2-16,18H,17H2,1H3,(H,28,29)/b16-9+. The molecule has 0 spiro atoms. The molecule has 4 rings (SSSR count). The highest BCUT2D eigenvalue weighted by Gasteiger charge is 2.03. The Morgan fingerprint density at radius 3 is 2.42 bits per heavy atom. The van der Waals surface area contributed by atoms with E-state index in [1.807, 2.05) is 91.2 Å². The van der Waals surface area contributed by atoms with Gasteiger partial charge >= 0.3 is 0 Å². The number of hydrogen-bond donors (Lipinski definition) is 1. The lowest BCUT2D eigenvalue weighted by Crippen LogP contribution is -2.07. The third kappa shape index (κ3) is 5.90. The molecule has 0 fully saturated rings. The molecule has 4 aromatic rings. The summed E-state index contributed by atoms with van der Waals surface area (Å²) in [5.41, 5.74) is 4.79. The molecule has 5 heteroatoms. The van der Waals surface area contributed by atoms with E-state index in [1.54, 1.807) is 17.4 Å². The fraction of sp³-hybridized carbons (Fsp3) is 0.0769. The second-order valence-corrected chi connectivity index (χ2v) is 8.06. The molecule has 0 unspecified atom stereocenters. The Morgan fingerprint density at radius 2 is 1.74 bits per heavy atom. The maximum atomic E-state index is 12.2. The fourth-order valence-electron chi connectivity index (χ4n) is 2.99. The average Bonchev–Trinajstić information content (AvgIpc) is 3.24. The Morgan fingerprint density at radius 1 is 1.00 bits per heavy atom. The van der Waals surface area contributed by atoms with Crippen LogP contribution in [0.2, 0.25) is 0 Å². The average molecular weight is 427 g/mol. The summed E-state index contributed by atoms with van der Waals surface area (Å²) in [6, 6.07) is 25.4. The SMILES string of the molecule is Cc1nc(-c2ccc(NC(=O)/C=C/c3ccc(OCc4ccccc4)cc3)cc2)cs1. The van der Waals surface area contributed by atoms with E-state index in [9.17, 15) is 4.79 Å². The highest BCUT2D eigenvalue weighted by atomic mass is 32.1. The predicted octanol–water partition coefficient (Wildman–Crippen LogP) is 6.35. The van der Waals surface area contributed by atoms with Crippen LogP contribution < -0.4 is 10.1 Å². The topological polar surface area (TPSA) is 51.2 Å². The summed E-state index contributed by atoms with van der Waals surface area (Å²) >= 11 is 1.62. The lowest BCUT2D eigenvalue weighted by Gasteiger charge is -2.06. The van der Waals surface area contributed by atoms with Gasteiger partial charge in [-0.2, -0.15) is 0 Å². The van der Waals surface area contributed by atoms with Gasteiger partial charge in [0.25, 0.3) is 0 Å². The smallest absolute Gasteiger partial charge is 0.248 e. The van der Waals surface area contributed by atoms with Crippen LogP contribution in [0, 0.1) is 6.92 Å². The Balaban J connectivity index is 1.29. The number of carbonyl (C=O) groups is 1. The Hall–Kier alpha value is -3.70. The number of rotatable bonds is 7. The number of anilines is 1. The first-order valence-electron chi connectivity index (χ1n) is 9.94. The van der Waals surface area contributed by atoms with Gasteiger partial charge in [-0.05, 0) is 48.4 Å². The van der Waals surface area contributed by atoms with E-state index in [1.165, 1.54) is 6.08 Å².